The number of esters is 1. The molecule has 96 valence electrons. The van der Waals surface area contributed by atoms with Crippen LogP contribution in [-0.2, 0) is 9.53 Å². The van der Waals surface area contributed by atoms with Gasteiger partial charge >= 0.3 is 5.97 Å². The Morgan fingerprint density at radius 3 is 3.06 bits per heavy atom. The number of nitrogens with two attached hydrogens (primary N) is 1. The summed E-state index contributed by atoms with van der Waals surface area (Å²) in [7, 11) is 0. The topological polar surface area (TPSA) is 78.4 Å². The van der Waals surface area contributed by atoms with Crippen molar-refractivity contribution in [1.29, 1.82) is 0 Å². The van der Waals surface area contributed by atoms with Crippen LogP contribution in [0.15, 0.2) is 33.9 Å². The number of carbonyl (C=O) groups excluding carboxylic acids is 1. The zero-order valence-electron chi connectivity index (χ0n) is 9.96. The molecular formula is C12H14N2O3S. The molecule has 2 N–H and O–H groups in total. The van der Waals surface area contributed by atoms with Crippen LogP contribution in [0.4, 0.5) is 0 Å². The van der Waals surface area contributed by atoms with Crippen LogP contribution in [0.2, 0.25) is 0 Å². The zero-order chi connectivity index (χ0) is 13.0. The summed E-state index contributed by atoms with van der Waals surface area (Å²) in [4.78, 5) is 15.6. The molecule has 1 heterocycles. The lowest BCUT2D eigenvalue weighted by Gasteiger charge is -2.07. The number of fused-ring (bicyclic) bond motifs is 1. The second-order valence-electron chi connectivity index (χ2n) is 3.62. The second-order valence-corrected chi connectivity index (χ2v) is 4.59. The maximum absolute atomic E-state index is 11.3. The molecule has 2 rings (SSSR count). The summed E-state index contributed by atoms with van der Waals surface area (Å²) >= 11 is 1.30. The van der Waals surface area contributed by atoms with Gasteiger partial charge in [-0.2, -0.15) is 0 Å². The van der Waals surface area contributed by atoms with Gasteiger partial charge in [-0.3, -0.25) is 4.79 Å². The summed E-state index contributed by atoms with van der Waals surface area (Å²) in [6.07, 6.45) is 0. The maximum Gasteiger partial charge on any atom is 0.323 e. The van der Waals surface area contributed by atoms with Gasteiger partial charge in [-0.25, -0.2) is 4.98 Å². The van der Waals surface area contributed by atoms with E-state index in [2.05, 4.69) is 4.98 Å². The molecular weight excluding hydrogens is 252 g/mol. The summed E-state index contributed by atoms with van der Waals surface area (Å²) in [5.74, 6) is -0.0211. The lowest BCUT2D eigenvalue weighted by Crippen LogP contribution is -2.34. The van der Waals surface area contributed by atoms with Gasteiger partial charge in [0.25, 0.3) is 5.22 Å². The van der Waals surface area contributed by atoms with Crippen molar-refractivity contribution in [2.24, 2.45) is 5.73 Å². The molecule has 2 aromatic rings. The first-order valence-corrected chi connectivity index (χ1v) is 6.60. The monoisotopic (exact) mass is 266 g/mol. The SMILES string of the molecule is CCOC(=O)C(N)CSc1nc2ccccc2o1. The Labute approximate surface area is 109 Å². The van der Waals surface area contributed by atoms with Crippen LogP contribution < -0.4 is 5.73 Å². The summed E-state index contributed by atoms with van der Waals surface area (Å²) in [6.45, 7) is 2.08. The summed E-state index contributed by atoms with van der Waals surface area (Å²) < 4.78 is 10.3. The summed E-state index contributed by atoms with van der Waals surface area (Å²) in [5.41, 5.74) is 7.20. The minimum Gasteiger partial charge on any atom is -0.465 e. The molecule has 0 saturated carbocycles. The van der Waals surface area contributed by atoms with E-state index in [9.17, 15) is 4.79 Å². The van der Waals surface area contributed by atoms with Crippen molar-refractivity contribution in [3.05, 3.63) is 24.3 Å². The Morgan fingerprint density at radius 1 is 1.56 bits per heavy atom. The lowest BCUT2D eigenvalue weighted by atomic mass is 10.3. The van der Waals surface area contributed by atoms with Gasteiger partial charge in [0.15, 0.2) is 5.58 Å². The number of para-hydroxylation sites is 2. The highest BCUT2D eigenvalue weighted by Crippen LogP contribution is 2.23. The molecule has 0 fully saturated rings. The molecule has 6 heteroatoms. The normalized spacial score (nSPS) is 12.6. The zero-order valence-corrected chi connectivity index (χ0v) is 10.8. The third-order valence-corrected chi connectivity index (χ3v) is 3.20. The largest absolute Gasteiger partial charge is 0.465 e. The van der Waals surface area contributed by atoms with E-state index in [1.807, 2.05) is 24.3 Å². The van der Waals surface area contributed by atoms with E-state index in [4.69, 9.17) is 14.9 Å². The van der Waals surface area contributed by atoms with Crippen LogP contribution in [-0.4, -0.2) is 29.4 Å². The van der Waals surface area contributed by atoms with Crippen molar-refractivity contribution >= 4 is 28.8 Å². The Kier molecular flexibility index (Phi) is 4.22. The van der Waals surface area contributed by atoms with Gasteiger partial charge in [-0.15, -0.1) is 0 Å². The average molecular weight is 266 g/mol. The third kappa shape index (κ3) is 3.02. The summed E-state index contributed by atoms with van der Waals surface area (Å²) in [5, 5.41) is 0.510. The van der Waals surface area contributed by atoms with Crippen LogP contribution >= 0.6 is 11.8 Å². The molecule has 0 aliphatic heterocycles. The molecule has 1 aromatic carbocycles. The van der Waals surface area contributed by atoms with Crippen LogP contribution in [0.25, 0.3) is 11.1 Å². The lowest BCUT2D eigenvalue weighted by molar-refractivity contribution is -0.144. The molecule has 1 atom stereocenters. The number of aromatic nitrogens is 1. The Balaban J connectivity index is 1.95. The Morgan fingerprint density at radius 2 is 2.33 bits per heavy atom. The molecule has 0 radical (unpaired) electrons. The van der Waals surface area contributed by atoms with Crippen LogP contribution in [0.3, 0.4) is 0 Å². The Hall–Kier alpha value is -1.53. The number of thioether (sulfide) groups is 1. The van der Waals surface area contributed by atoms with Gasteiger partial charge in [-0.1, -0.05) is 23.9 Å². The highest BCUT2D eigenvalue weighted by atomic mass is 32.2. The second kappa shape index (κ2) is 5.88. The number of ether oxygens (including phenoxy) is 1. The molecule has 0 spiro atoms. The van der Waals surface area contributed by atoms with Crippen molar-refractivity contribution in [3.8, 4) is 0 Å². The van der Waals surface area contributed by atoms with Crippen molar-refractivity contribution in [2.75, 3.05) is 12.4 Å². The molecule has 18 heavy (non-hydrogen) atoms. The van der Waals surface area contributed by atoms with E-state index >= 15 is 0 Å². The van der Waals surface area contributed by atoms with Gasteiger partial charge in [0.2, 0.25) is 0 Å². The maximum atomic E-state index is 11.3. The van der Waals surface area contributed by atoms with Crippen LogP contribution in [0.1, 0.15) is 6.92 Å². The van der Waals surface area contributed by atoms with E-state index in [0.717, 1.165) is 11.1 Å². The highest BCUT2D eigenvalue weighted by Gasteiger charge is 2.16. The Bertz CT molecular complexity index is 508. The molecule has 0 bridgehead atoms. The third-order valence-electron chi connectivity index (χ3n) is 2.25. The summed E-state index contributed by atoms with van der Waals surface area (Å²) in [6, 6.07) is 6.83. The first-order chi connectivity index (χ1) is 8.70. The van der Waals surface area contributed by atoms with E-state index in [0.29, 0.717) is 17.6 Å². The predicted octanol–water partition coefficient (Wildman–Crippen LogP) is 1.81. The number of hydrogen-bond donors (Lipinski definition) is 1. The number of nitrogens with zero attached hydrogens (tertiary/aromatic N) is 1. The quantitative estimate of drug-likeness (QED) is 0.657. The highest BCUT2D eigenvalue weighted by molar-refractivity contribution is 7.99. The van der Waals surface area contributed by atoms with Gasteiger partial charge in [0, 0.05) is 5.75 Å². The minimum absolute atomic E-state index is 0.333. The number of hydrogen-bond acceptors (Lipinski definition) is 6. The minimum atomic E-state index is -0.662. The number of carbonyl (C=O) groups is 1. The molecule has 0 saturated heterocycles. The van der Waals surface area contributed by atoms with Crippen LogP contribution in [0, 0.1) is 0 Å². The van der Waals surface area contributed by atoms with Crippen molar-refractivity contribution in [2.45, 2.75) is 18.2 Å². The predicted molar refractivity (Wildman–Crippen MR) is 69.3 cm³/mol. The molecule has 0 aliphatic carbocycles. The smallest absolute Gasteiger partial charge is 0.323 e. The van der Waals surface area contributed by atoms with Gasteiger partial charge in [0.1, 0.15) is 11.6 Å². The van der Waals surface area contributed by atoms with Crippen molar-refractivity contribution in [3.63, 3.8) is 0 Å². The van der Waals surface area contributed by atoms with Crippen molar-refractivity contribution in [1.82, 2.24) is 4.98 Å². The average Bonchev–Trinajstić information content (AvgIpc) is 2.78. The number of rotatable bonds is 5. The molecule has 0 amide bonds. The van der Waals surface area contributed by atoms with Crippen LogP contribution in [0.5, 0.6) is 0 Å². The number of benzene rings is 1. The van der Waals surface area contributed by atoms with E-state index in [-0.39, 0.29) is 0 Å². The first kappa shape index (κ1) is 12.9. The molecule has 1 aromatic heterocycles. The fourth-order valence-electron chi connectivity index (χ4n) is 1.39. The fourth-order valence-corrected chi connectivity index (χ4v) is 2.16. The first-order valence-electron chi connectivity index (χ1n) is 5.61. The van der Waals surface area contributed by atoms with Gasteiger partial charge in [0.05, 0.1) is 6.61 Å². The van der Waals surface area contributed by atoms with Gasteiger partial charge in [-0.05, 0) is 19.1 Å². The van der Waals surface area contributed by atoms with E-state index in [1.165, 1.54) is 11.8 Å². The molecule has 5 nitrogen and oxygen atoms in total. The van der Waals surface area contributed by atoms with Crippen molar-refractivity contribution < 1.29 is 13.9 Å². The molecule has 0 aliphatic rings. The molecule has 1 unspecified atom stereocenters. The van der Waals surface area contributed by atoms with E-state index in [1.54, 1.807) is 6.92 Å². The number of oxazole rings is 1. The van der Waals surface area contributed by atoms with Gasteiger partial charge < -0.3 is 14.9 Å². The van der Waals surface area contributed by atoms with E-state index < -0.39 is 12.0 Å². The standard InChI is InChI=1S/C12H14N2O3S/c1-2-16-11(15)8(13)7-18-12-14-9-5-3-4-6-10(9)17-12/h3-6,8H,2,7,13H2,1H3. The fraction of sp³-hybridized carbons (Fsp3) is 0.333.